The third-order valence-corrected chi connectivity index (χ3v) is 4.72. The Morgan fingerprint density at radius 3 is 2.45 bits per heavy atom. The summed E-state index contributed by atoms with van der Waals surface area (Å²) in [5.41, 5.74) is 0.802. The van der Waals surface area contributed by atoms with Crippen LogP contribution < -0.4 is 24.8 Å². The quantitative estimate of drug-likeness (QED) is 0.333. The molecule has 0 aromatic heterocycles. The van der Waals surface area contributed by atoms with Crippen LogP contribution in [0.5, 0.6) is 17.2 Å². The maximum absolute atomic E-state index is 12.0. The van der Waals surface area contributed by atoms with E-state index in [0.717, 1.165) is 17.7 Å². The topological polar surface area (TPSA) is 85.9 Å². The normalized spacial score (nSPS) is 11.6. The fourth-order valence-corrected chi connectivity index (χ4v) is 2.82. The Morgan fingerprint density at radius 2 is 1.73 bits per heavy atom. The van der Waals surface area contributed by atoms with Gasteiger partial charge in [-0.3, -0.25) is 9.59 Å². The van der Waals surface area contributed by atoms with Gasteiger partial charge in [-0.05, 0) is 56.2 Å². The van der Waals surface area contributed by atoms with E-state index in [0.29, 0.717) is 31.3 Å². The zero-order chi connectivity index (χ0) is 23.9. The second-order valence-corrected chi connectivity index (χ2v) is 7.40. The highest BCUT2D eigenvalue weighted by molar-refractivity contribution is 5.92. The smallest absolute Gasteiger partial charge is 0.244 e. The van der Waals surface area contributed by atoms with Gasteiger partial charge in [0.05, 0.1) is 6.61 Å². The van der Waals surface area contributed by atoms with Gasteiger partial charge in [-0.2, -0.15) is 0 Å². The minimum Gasteiger partial charge on any atom is -0.490 e. The molecule has 0 saturated heterocycles. The van der Waals surface area contributed by atoms with Crippen molar-refractivity contribution < 1.29 is 23.8 Å². The van der Waals surface area contributed by atoms with Crippen LogP contribution in [0.3, 0.4) is 0 Å². The number of ether oxygens (including phenoxy) is 3. The molecular formula is C26H34N2O5. The second-order valence-electron chi connectivity index (χ2n) is 7.40. The minimum absolute atomic E-state index is 0.0697. The van der Waals surface area contributed by atoms with E-state index in [1.807, 2.05) is 69.3 Å². The van der Waals surface area contributed by atoms with Gasteiger partial charge in [0.15, 0.2) is 11.5 Å². The Labute approximate surface area is 196 Å². The van der Waals surface area contributed by atoms with Gasteiger partial charge in [0.25, 0.3) is 0 Å². The Kier molecular flexibility index (Phi) is 11.4. The first-order valence-corrected chi connectivity index (χ1v) is 11.3. The Hall–Kier alpha value is -3.48. The van der Waals surface area contributed by atoms with E-state index in [2.05, 4.69) is 10.6 Å². The van der Waals surface area contributed by atoms with Crippen LogP contribution in [0.2, 0.25) is 0 Å². The van der Waals surface area contributed by atoms with Gasteiger partial charge in [0.1, 0.15) is 19.0 Å². The number of benzene rings is 2. The molecule has 2 rings (SSSR count). The summed E-state index contributed by atoms with van der Waals surface area (Å²) in [6, 6.07) is 15.2. The van der Waals surface area contributed by atoms with Crippen molar-refractivity contribution in [2.45, 2.75) is 39.7 Å². The summed E-state index contributed by atoms with van der Waals surface area (Å²) in [5, 5.41) is 5.59. The highest BCUT2D eigenvalue weighted by atomic mass is 16.5. The van der Waals surface area contributed by atoms with E-state index in [4.69, 9.17) is 14.2 Å². The van der Waals surface area contributed by atoms with Crippen LogP contribution in [0.1, 0.15) is 39.2 Å². The molecular weight excluding hydrogens is 420 g/mol. The lowest BCUT2D eigenvalue weighted by molar-refractivity contribution is -0.121. The van der Waals surface area contributed by atoms with E-state index in [-0.39, 0.29) is 30.8 Å². The predicted octanol–water partition coefficient (Wildman–Crippen LogP) is 3.98. The summed E-state index contributed by atoms with van der Waals surface area (Å²) in [7, 11) is 0. The molecule has 7 heteroatoms. The van der Waals surface area contributed by atoms with Gasteiger partial charge < -0.3 is 24.8 Å². The monoisotopic (exact) mass is 454 g/mol. The fraction of sp³-hybridized carbons (Fsp3) is 0.385. The van der Waals surface area contributed by atoms with Crippen molar-refractivity contribution in [1.82, 2.24) is 10.6 Å². The lowest BCUT2D eigenvalue weighted by Crippen LogP contribution is -2.34. The summed E-state index contributed by atoms with van der Waals surface area (Å²) in [4.78, 5) is 23.8. The number of hydrogen-bond acceptors (Lipinski definition) is 5. The zero-order valence-corrected chi connectivity index (χ0v) is 19.6. The van der Waals surface area contributed by atoms with Gasteiger partial charge in [-0.15, -0.1) is 0 Å². The maximum atomic E-state index is 12.0. The van der Waals surface area contributed by atoms with Crippen LogP contribution in [0.4, 0.5) is 0 Å². The molecule has 7 nitrogen and oxygen atoms in total. The molecule has 2 aromatic rings. The molecule has 0 aliphatic rings. The van der Waals surface area contributed by atoms with Crippen LogP contribution in [-0.2, 0) is 9.59 Å². The Morgan fingerprint density at radius 1 is 0.970 bits per heavy atom. The van der Waals surface area contributed by atoms with Crippen LogP contribution in [0, 0.1) is 0 Å². The van der Waals surface area contributed by atoms with E-state index >= 15 is 0 Å². The Bertz CT molecular complexity index is 899. The summed E-state index contributed by atoms with van der Waals surface area (Å²) in [6.07, 6.45) is 4.25. The molecule has 2 aromatic carbocycles. The van der Waals surface area contributed by atoms with E-state index < -0.39 is 0 Å². The van der Waals surface area contributed by atoms with Crippen molar-refractivity contribution in [3.05, 3.63) is 60.2 Å². The van der Waals surface area contributed by atoms with Gasteiger partial charge in [0, 0.05) is 25.1 Å². The van der Waals surface area contributed by atoms with Crippen molar-refractivity contribution in [2.75, 3.05) is 26.4 Å². The second kappa shape index (κ2) is 14.6. The molecule has 0 radical (unpaired) electrons. The molecule has 2 amide bonds. The first-order chi connectivity index (χ1) is 16.0. The third kappa shape index (κ3) is 10.1. The highest BCUT2D eigenvalue weighted by Gasteiger charge is 2.07. The number of amides is 2. The van der Waals surface area contributed by atoms with Gasteiger partial charge in [0.2, 0.25) is 11.8 Å². The largest absolute Gasteiger partial charge is 0.490 e. The van der Waals surface area contributed by atoms with Crippen molar-refractivity contribution in [1.29, 1.82) is 0 Å². The van der Waals surface area contributed by atoms with Gasteiger partial charge >= 0.3 is 0 Å². The van der Waals surface area contributed by atoms with Crippen molar-refractivity contribution in [3.63, 3.8) is 0 Å². The van der Waals surface area contributed by atoms with Crippen molar-refractivity contribution in [3.8, 4) is 17.2 Å². The number of hydrogen-bond donors (Lipinski definition) is 2. The zero-order valence-electron chi connectivity index (χ0n) is 19.6. The molecule has 0 aliphatic heterocycles. The average molecular weight is 455 g/mol. The molecule has 0 spiro atoms. The molecule has 0 bridgehead atoms. The number of rotatable bonds is 14. The van der Waals surface area contributed by atoms with E-state index in [1.165, 1.54) is 6.08 Å². The molecule has 2 N–H and O–H groups in total. The molecule has 0 saturated carbocycles. The summed E-state index contributed by atoms with van der Waals surface area (Å²) in [5.74, 6) is 1.67. The SMILES string of the molecule is CCOc1cc(/C=C/C(=O)NCCC(=O)NC(C)CC)ccc1OCCOc1ccccc1. The first-order valence-electron chi connectivity index (χ1n) is 11.3. The summed E-state index contributed by atoms with van der Waals surface area (Å²) < 4.78 is 17.1. The van der Waals surface area contributed by atoms with Crippen LogP contribution in [0.15, 0.2) is 54.6 Å². The van der Waals surface area contributed by atoms with Crippen LogP contribution >= 0.6 is 0 Å². The number of carbonyl (C=O) groups is 2. The van der Waals surface area contributed by atoms with E-state index in [9.17, 15) is 9.59 Å². The standard InChI is InChI=1S/C26H34N2O5/c1-4-20(3)28-26(30)15-16-27-25(29)14-12-21-11-13-23(24(19-21)31-5-2)33-18-17-32-22-9-7-6-8-10-22/h6-14,19-20H,4-5,15-18H2,1-3H3,(H,27,29)(H,28,30)/b14-12+. The van der Waals surface area contributed by atoms with E-state index in [1.54, 1.807) is 6.08 Å². The minimum atomic E-state index is -0.261. The van der Waals surface area contributed by atoms with Crippen molar-refractivity contribution in [2.24, 2.45) is 0 Å². The number of carbonyl (C=O) groups excluding carboxylic acids is 2. The van der Waals surface area contributed by atoms with Crippen LogP contribution in [0.25, 0.3) is 6.08 Å². The lowest BCUT2D eigenvalue weighted by atomic mass is 10.2. The molecule has 178 valence electrons. The highest BCUT2D eigenvalue weighted by Crippen LogP contribution is 2.29. The van der Waals surface area contributed by atoms with Gasteiger partial charge in [-0.25, -0.2) is 0 Å². The maximum Gasteiger partial charge on any atom is 0.244 e. The molecule has 1 atom stereocenters. The predicted molar refractivity (Wildman–Crippen MR) is 130 cm³/mol. The first kappa shape index (κ1) is 25.8. The summed E-state index contributed by atoms with van der Waals surface area (Å²) >= 11 is 0. The van der Waals surface area contributed by atoms with Crippen molar-refractivity contribution >= 4 is 17.9 Å². The number of nitrogens with one attached hydrogen (secondary N) is 2. The molecule has 0 heterocycles. The molecule has 1 unspecified atom stereocenters. The number of para-hydroxylation sites is 1. The Balaban J connectivity index is 1.82. The fourth-order valence-electron chi connectivity index (χ4n) is 2.82. The third-order valence-electron chi connectivity index (χ3n) is 4.72. The molecule has 0 aliphatic carbocycles. The summed E-state index contributed by atoms with van der Waals surface area (Å²) in [6.45, 7) is 7.41. The average Bonchev–Trinajstić information content (AvgIpc) is 2.82. The molecule has 0 fully saturated rings. The van der Waals surface area contributed by atoms with Gasteiger partial charge in [-0.1, -0.05) is 31.2 Å². The van der Waals surface area contributed by atoms with Crippen LogP contribution in [-0.4, -0.2) is 44.2 Å². The molecule has 33 heavy (non-hydrogen) atoms. The lowest BCUT2D eigenvalue weighted by Gasteiger charge is -2.13.